The van der Waals surface area contributed by atoms with Gasteiger partial charge in [0.15, 0.2) is 11.5 Å². The second-order valence-electron chi connectivity index (χ2n) is 5.42. The molecule has 1 fully saturated rings. The average Bonchev–Trinajstić information content (AvgIpc) is 2.75. The Bertz CT molecular complexity index is 452. The Hall–Kier alpha value is -1.52. The lowest BCUT2D eigenvalue weighted by Gasteiger charge is -2.17. The fourth-order valence-electron chi connectivity index (χ4n) is 2.56. The predicted molar refractivity (Wildman–Crippen MR) is 81.1 cm³/mol. The molecule has 0 saturated carbocycles. The molecule has 1 aromatic rings. The van der Waals surface area contributed by atoms with Gasteiger partial charge in [0.25, 0.3) is 0 Å². The summed E-state index contributed by atoms with van der Waals surface area (Å²) in [6, 6.07) is 6.35. The fourth-order valence-corrected chi connectivity index (χ4v) is 2.56. The van der Waals surface area contributed by atoms with E-state index in [1.807, 2.05) is 12.1 Å². The van der Waals surface area contributed by atoms with Gasteiger partial charge in [0.1, 0.15) is 6.61 Å². The highest BCUT2D eigenvalue weighted by Gasteiger charge is 2.26. The largest absolute Gasteiger partial charge is 0.493 e. The molecule has 1 saturated heterocycles. The minimum absolute atomic E-state index is 0.284. The first-order valence-electron chi connectivity index (χ1n) is 7.02. The molecule has 110 valence electrons. The van der Waals surface area contributed by atoms with E-state index in [4.69, 9.17) is 15.2 Å². The Morgan fingerprint density at radius 1 is 1.40 bits per heavy atom. The summed E-state index contributed by atoms with van der Waals surface area (Å²) in [4.78, 5) is 2.38. The zero-order valence-electron chi connectivity index (χ0n) is 12.3. The van der Waals surface area contributed by atoms with E-state index in [0.29, 0.717) is 12.5 Å². The zero-order chi connectivity index (χ0) is 14.5. The summed E-state index contributed by atoms with van der Waals surface area (Å²) < 4.78 is 10.9. The van der Waals surface area contributed by atoms with Gasteiger partial charge in [-0.15, -0.1) is 0 Å². The van der Waals surface area contributed by atoms with E-state index in [-0.39, 0.29) is 6.04 Å². The van der Waals surface area contributed by atoms with E-state index >= 15 is 0 Å². The number of hydrogen-bond donors (Lipinski definition) is 1. The SMILES string of the molecule is C=CCOc1ccc(CN2CC(C)C(N)C2)cc1OC. The molecular weight excluding hydrogens is 252 g/mol. The highest BCUT2D eigenvalue weighted by atomic mass is 16.5. The first-order chi connectivity index (χ1) is 9.63. The van der Waals surface area contributed by atoms with Crippen molar-refractivity contribution in [3.63, 3.8) is 0 Å². The number of rotatable bonds is 6. The molecule has 2 rings (SSSR count). The Morgan fingerprint density at radius 3 is 2.80 bits per heavy atom. The number of nitrogens with two attached hydrogens (primary N) is 1. The van der Waals surface area contributed by atoms with E-state index < -0.39 is 0 Å². The molecule has 1 heterocycles. The third kappa shape index (κ3) is 3.52. The molecule has 0 bridgehead atoms. The zero-order valence-corrected chi connectivity index (χ0v) is 12.3. The molecule has 4 nitrogen and oxygen atoms in total. The molecule has 1 aliphatic rings. The lowest BCUT2D eigenvalue weighted by Crippen LogP contribution is -2.28. The predicted octanol–water partition coefficient (Wildman–Crippen LogP) is 2.04. The van der Waals surface area contributed by atoms with E-state index in [2.05, 4.69) is 24.5 Å². The van der Waals surface area contributed by atoms with Crippen molar-refractivity contribution in [1.29, 1.82) is 0 Å². The second kappa shape index (κ2) is 6.77. The third-order valence-electron chi connectivity index (χ3n) is 3.74. The van der Waals surface area contributed by atoms with E-state index in [1.165, 1.54) is 5.56 Å². The van der Waals surface area contributed by atoms with Crippen LogP contribution in [0.4, 0.5) is 0 Å². The molecule has 0 amide bonds. The van der Waals surface area contributed by atoms with Gasteiger partial charge in [-0.2, -0.15) is 0 Å². The van der Waals surface area contributed by atoms with Crippen molar-refractivity contribution in [1.82, 2.24) is 4.90 Å². The van der Waals surface area contributed by atoms with Crippen molar-refractivity contribution in [2.75, 3.05) is 26.8 Å². The van der Waals surface area contributed by atoms with Crippen LogP contribution >= 0.6 is 0 Å². The summed E-state index contributed by atoms with van der Waals surface area (Å²) in [5.74, 6) is 2.08. The quantitative estimate of drug-likeness (QED) is 0.808. The van der Waals surface area contributed by atoms with Gasteiger partial charge in [-0.3, -0.25) is 4.90 Å². The highest BCUT2D eigenvalue weighted by Crippen LogP contribution is 2.29. The van der Waals surface area contributed by atoms with Gasteiger partial charge in [-0.05, 0) is 23.6 Å². The highest BCUT2D eigenvalue weighted by molar-refractivity contribution is 5.43. The average molecular weight is 276 g/mol. The van der Waals surface area contributed by atoms with Crippen LogP contribution in [0.1, 0.15) is 12.5 Å². The van der Waals surface area contributed by atoms with Crippen LogP contribution in [-0.4, -0.2) is 37.7 Å². The van der Waals surface area contributed by atoms with Crippen LogP contribution in [0, 0.1) is 5.92 Å². The molecule has 0 aromatic heterocycles. The molecular formula is C16H24N2O2. The maximum Gasteiger partial charge on any atom is 0.161 e. The monoisotopic (exact) mass is 276 g/mol. The van der Waals surface area contributed by atoms with Crippen molar-refractivity contribution in [2.45, 2.75) is 19.5 Å². The smallest absolute Gasteiger partial charge is 0.161 e. The number of benzene rings is 1. The van der Waals surface area contributed by atoms with Gasteiger partial charge in [-0.25, -0.2) is 0 Å². The molecule has 2 N–H and O–H groups in total. The second-order valence-corrected chi connectivity index (χ2v) is 5.42. The normalized spacial score (nSPS) is 22.8. The van der Waals surface area contributed by atoms with Crippen LogP contribution in [0.5, 0.6) is 11.5 Å². The fraction of sp³-hybridized carbons (Fsp3) is 0.500. The van der Waals surface area contributed by atoms with Crippen LogP contribution in [0.15, 0.2) is 30.9 Å². The number of ether oxygens (including phenoxy) is 2. The maximum absolute atomic E-state index is 6.06. The van der Waals surface area contributed by atoms with Crippen molar-refractivity contribution in [2.24, 2.45) is 11.7 Å². The summed E-state index contributed by atoms with van der Waals surface area (Å²) >= 11 is 0. The van der Waals surface area contributed by atoms with Gasteiger partial charge in [0.2, 0.25) is 0 Å². The Kier molecular flexibility index (Phi) is 5.04. The van der Waals surface area contributed by atoms with Crippen molar-refractivity contribution < 1.29 is 9.47 Å². The van der Waals surface area contributed by atoms with Crippen LogP contribution in [0.3, 0.4) is 0 Å². The molecule has 2 atom stereocenters. The lowest BCUT2D eigenvalue weighted by molar-refractivity contribution is 0.312. The summed E-state index contributed by atoms with van der Waals surface area (Å²) in [5, 5.41) is 0. The molecule has 1 aliphatic heterocycles. The molecule has 2 unspecified atom stereocenters. The van der Waals surface area contributed by atoms with Gasteiger partial charge >= 0.3 is 0 Å². The van der Waals surface area contributed by atoms with Gasteiger partial charge < -0.3 is 15.2 Å². The first kappa shape index (κ1) is 14.9. The van der Waals surface area contributed by atoms with E-state index in [0.717, 1.165) is 31.1 Å². The molecule has 1 aromatic carbocycles. The summed E-state index contributed by atoms with van der Waals surface area (Å²) in [6.45, 7) is 9.24. The number of methoxy groups -OCH3 is 1. The van der Waals surface area contributed by atoms with Gasteiger partial charge in [0.05, 0.1) is 7.11 Å². The standard InChI is InChI=1S/C16H24N2O2/c1-4-7-20-15-6-5-13(8-16(15)19-3)10-18-9-12(2)14(17)11-18/h4-6,8,12,14H,1,7,9-11,17H2,2-3H3. The maximum atomic E-state index is 6.06. The third-order valence-corrected chi connectivity index (χ3v) is 3.74. The number of nitrogens with zero attached hydrogens (tertiary/aromatic N) is 1. The van der Waals surface area contributed by atoms with Crippen molar-refractivity contribution in [3.05, 3.63) is 36.4 Å². The Balaban J connectivity index is 2.04. The minimum atomic E-state index is 0.284. The molecule has 0 aliphatic carbocycles. The Labute approximate surface area is 121 Å². The molecule has 20 heavy (non-hydrogen) atoms. The first-order valence-corrected chi connectivity index (χ1v) is 7.02. The summed E-state index contributed by atoms with van der Waals surface area (Å²) in [5.41, 5.74) is 7.28. The van der Waals surface area contributed by atoms with Crippen molar-refractivity contribution in [3.8, 4) is 11.5 Å². The van der Waals surface area contributed by atoms with Gasteiger partial charge in [0, 0.05) is 25.7 Å². The van der Waals surface area contributed by atoms with Gasteiger partial charge in [-0.1, -0.05) is 25.6 Å². The molecule has 4 heteroatoms. The van der Waals surface area contributed by atoms with E-state index in [9.17, 15) is 0 Å². The molecule has 0 spiro atoms. The molecule has 0 radical (unpaired) electrons. The lowest BCUT2D eigenvalue weighted by atomic mass is 10.1. The topological polar surface area (TPSA) is 47.7 Å². The summed E-state index contributed by atoms with van der Waals surface area (Å²) in [7, 11) is 1.66. The number of likely N-dealkylation sites (tertiary alicyclic amines) is 1. The minimum Gasteiger partial charge on any atom is -0.493 e. The van der Waals surface area contributed by atoms with Crippen LogP contribution < -0.4 is 15.2 Å². The number of hydrogen-bond acceptors (Lipinski definition) is 4. The Morgan fingerprint density at radius 2 is 2.20 bits per heavy atom. The summed E-state index contributed by atoms with van der Waals surface area (Å²) in [6.07, 6.45) is 1.72. The van der Waals surface area contributed by atoms with Crippen LogP contribution in [0.2, 0.25) is 0 Å². The van der Waals surface area contributed by atoms with Crippen LogP contribution in [-0.2, 0) is 6.54 Å². The van der Waals surface area contributed by atoms with Crippen molar-refractivity contribution >= 4 is 0 Å². The van der Waals surface area contributed by atoms with E-state index in [1.54, 1.807) is 13.2 Å². The van der Waals surface area contributed by atoms with Crippen LogP contribution in [0.25, 0.3) is 0 Å².